The van der Waals surface area contributed by atoms with Crippen molar-refractivity contribution in [2.24, 2.45) is 5.41 Å². The van der Waals surface area contributed by atoms with Crippen molar-refractivity contribution >= 4 is 11.9 Å². The molecule has 1 amide bonds. The molecule has 1 aromatic carbocycles. The first-order chi connectivity index (χ1) is 10.8. The lowest BCUT2D eigenvalue weighted by molar-refractivity contribution is -0.149. The predicted molar refractivity (Wildman–Crippen MR) is 89.4 cm³/mol. The number of amides is 1. The van der Waals surface area contributed by atoms with E-state index in [0.29, 0.717) is 0 Å². The molecule has 0 radical (unpaired) electrons. The standard InChI is InChI=1S/C18H27NO4/c1-5-6-7-15(13-8-10-14(23-4)11-9-13)19-16(20)12-18(2,3)17(21)22/h8-11,15H,5-7,12H2,1-4H3,(H,19,20)(H,21,22). The zero-order valence-electron chi connectivity index (χ0n) is 14.4. The van der Waals surface area contributed by atoms with Crippen molar-refractivity contribution in [3.63, 3.8) is 0 Å². The average Bonchev–Trinajstić information content (AvgIpc) is 2.50. The summed E-state index contributed by atoms with van der Waals surface area (Å²) in [4.78, 5) is 23.4. The molecular weight excluding hydrogens is 294 g/mol. The van der Waals surface area contributed by atoms with Crippen LogP contribution in [0.2, 0.25) is 0 Å². The average molecular weight is 321 g/mol. The molecule has 5 nitrogen and oxygen atoms in total. The zero-order chi connectivity index (χ0) is 17.5. The van der Waals surface area contributed by atoms with Crippen LogP contribution in [0.25, 0.3) is 0 Å². The van der Waals surface area contributed by atoms with Crippen LogP contribution in [0.4, 0.5) is 0 Å². The highest BCUT2D eigenvalue weighted by molar-refractivity contribution is 5.84. The number of rotatable bonds is 9. The van der Waals surface area contributed by atoms with Gasteiger partial charge in [0.2, 0.25) is 5.91 Å². The van der Waals surface area contributed by atoms with Gasteiger partial charge < -0.3 is 15.2 Å². The second kappa shape index (κ2) is 8.56. The number of ether oxygens (including phenoxy) is 1. The molecule has 128 valence electrons. The summed E-state index contributed by atoms with van der Waals surface area (Å²) < 4.78 is 5.15. The van der Waals surface area contributed by atoms with E-state index in [2.05, 4.69) is 12.2 Å². The molecule has 1 atom stereocenters. The molecule has 0 aromatic heterocycles. The molecule has 0 aliphatic heterocycles. The van der Waals surface area contributed by atoms with Gasteiger partial charge in [0.1, 0.15) is 5.75 Å². The van der Waals surface area contributed by atoms with E-state index >= 15 is 0 Å². The minimum atomic E-state index is -1.07. The Morgan fingerprint density at radius 3 is 2.35 bits per heavy atom. The lowest BCUT2D eigenvalue weighted by Crippen LogP contribution is -2.35. The summed E-state index contributed by atoms with van der Waals surface area (Å²) in [5.41, 5.74) is -0.0695. The van der Waals surface area contributed by atoms with Gasteiger partial charge >= 0.3 is 5.97 Å². The fourth-order valence-electron chi connectivity index (χ4n) is 2.29. The molecule has 2 N–H and O–H groups in total. The van der Waals surface area contributed by atoms with Crippen LogP contribution in [0.3, 0.4) is 0 Å². The van der Waals surface area contributed by atoms with Crippen LogP contribution in [0.5, 0.6) is 5.75 Å². The van der Waals surface area contributed by atoms with E-state index in [1.54, 1.807) is 21.0 Å². The molecule has 0 heterocycles. The quantitative estimate of drug-likeness (QED) is 0.729. The molecule has 0 fully saturated rings. The lowest BCUT2D eigenvalue weighted by atomic mass is 9.89. The van der Waals surface area contributed by atoms with Gasteiger partial charge in [-0.05, 0) is 38.0 Å². The topological polar surface area (TPSA) is 75.6 Å². The number of unbranched alkanes of at least 4 members (excludes halogenated alkanes) is 1. The summed E-state index contributed by atoms with van der Waals surface area (Å²) in [6.07, 6.45) is 2.80. The van der Waals surface area contributed by atoms with Gasteiger partial charge in [-0.2, -0.15) is 0 Å². The summed E-state index contributed by atoms with van der Waals surface area (Å²) in [6, 6.07) is 7.48. The molecule has 0 aliphatic rings. The maximum Gasteiger partial charge on any atom is 0.309 e. The summed E-state index contributed by atoms with van der Waals surface area (Å²) in [5, 5.41) is 12.1. The lowest BCUT2D eigenvalue weighted by Gasteiger charge is -2.23. The normalized spacial score (nSPS) is 12.5. The number of hydrogen-bond donors (Lipinski definition) is 2. The van der Waals surface area contributed by atoms with Gasteiger partial charge in [0.05, 0.1) is 18.6 Å². The third-order valence-electron chi connectivity index (χ3n) is 3.88. The number of carbonyl (C=O) groups is 2. The van der Waals surface area contributed by atoms with Gasteiger partial charge in [-0.15, -0.1) is 0 Å². The molecule has 0 bridgehead atoms. The van der Waals surface area contributed by atoms with Gasteiger partial charge in [-0.3, -0.25) is 9.59 Å². The summed E-state index contributed by atoms with van der Waals surface area (Å²) in [5.74, 6) is -0.446. The Morgan fingerprint density at radius 1 is 1.26 bits per heavy atom. The van der Waals surface area contributed by atoms with Crippen LogP contribution in [0, 0.1) is 5.41 Å². The van der Waals surface area contributed by atoms with Gasteiger partial charge in [0.25, 0.3) is 0 Å². The van der Waals surface area contributed by atoms with Crippen molar-refractivity contribution in [3.05, 3.63) is 29.8 Å². The van der Waals surface area contributed by atoms with Gasteiger partial charge in [0, 0.05) is 6.42 Å². The number of aliphatic carboxylic acids is 1. The third kappa shape index (κ3) is 5.93. The van der Waals surface area contributed by atoms with Crippen molar-refractivity contribution in [2.45, 2.75) is 52.5 Å². The minimum absolute atomic E-state index is 0.0406. The van der Waals surface area contributed by atoms with Crippen LogP contribution in [-0.4, -0.2) is 24.1 Å². The van der Waals surface area contributed by atoms with Gasteiger partial charge in [-0.25, -0.2) is 0 Å². The Balaban J connectivity index is 2.81. The number of carboxylic acid groups (broad SMARTS) is 1. The van der Waals surface area contributed by atoms with Gasteiger partial charge in [-0.1, -0.05) is 31.9 Å². The third-order valence-corrected chi connectivity index (χ3v) is 3.88. The van der Waals surface area contributed by atoms with Crippen molar-refractivity contribution in [3.8, 4) is 5.75 Å². The Labute approximate surface area is 138 Å². The van der Waals surface area contributed by atoms with E-state index in [1.165, 1.54) is 0 Å². The number of hydrogen-bond acceptors (Lipinski definition) is 3. The highest BCUT2D eigenvalue weighted by Gasteiger charge is 2.30. The van der Waals surface area contributed by atoms with Crippen molar-refractivity contribution in [1.82, 2.24) is 5.32 Å². The molecule has 1 unspecified atom stereocenters. The number of carbonyl (C=O) groups excluding carboxylic acids is 1. The Hall–Kier alpha value is -2.04. The predicted octanol–water partition coefficient (Wildman–Crippen LogP) is 3.54. The van der Waals surface area contributed by atoms with Crippen molar-refractivity contribution in [2.75, 3.05) is 7.11 Å². The van der Waals surface area contributed by atoms with E-state index in [-0.39, 0.29) is 18.4 Å². The highest BCUT2D eigenvalue weighted by atomic mass is 16.5. The summed E-state index contributed by atoms with van der Waals surface area (Å²) >= 11 is 0. The molecular formula is C18H27NO4. The smallest absolute Gasteiger partial charge is 0.309 e. The molecule has 0 spiro atoms. The van der Waals surface area contributed by atoms with Crippen LogP contribution < -0.4 is 10.1 Å². The van der Waals surface area contributed by atoms with Crippen LogP contribution in [-0.2, 0) is 9.59 Å². The molecule has 0 saturated heterocycles. The van der Waals surface area contributed by atoms with Gasteiger partial charge in [0.15, 0.2) is 0 Å². The first-order valence-electron chi connectivity index (χ1n) is 7.97. The maximum absolute atomic E-state index is 12.2. The Morgan fingerprint density at radius 2 is 1.87 bits per heavy atom. The monoisotopic (exact) mass is 321 g/mol. The largest absolute Gasteiger partial charge is 0.497 e. The first kappa shape index (κ1) is 19.0. The number of carboxylic acids is 1. The van der Waals surface area contributed by atoms with Crippen LogP contribution in [0.15, 0.2) is 24.3 Å². The second-order valence-electron chi connectivity index (χ2n) is 6.40. The maximum atomic E-state index is 12.2. The van der Waals surface area contributed by atoms with E-state index < -0.39 is 11.4 Å². The Kier molecular flexibility index (Phi) is 7.07. The van der Waals surface area contributed by atoms with E-state index in [4.69, 9.17) is 9.84 Å². The van der Waals surface area contributed by atoms with E-state index in [9.17, 15) is 9.59 Å². The van der Waals surface area contributed by atoms with E-state index in [1.807, 2.05) is 24.3 Å². The SMILES string of the molecule is CCCCC(NC(=O)CC(C)(C)C(=O)O)c1ccc(OC)cc1. The fraction of sp³-hybridized carbons (Fsp3) is 0.556. The molecule has 0 saturated carbocycles. The number of benzene rings is 1. The molecule has 0 aliphatic carbocycles. The Bertz CT molecular complexity index is 522. The number of methoxy groups -OCH3 is 1. The summed E-state index contributed by atoms with van der Waals surface area (Å²) in [6.45, 7) is 5.22. The fourth-order valence-corrected chi connectivity index (χ4v) is 2.29. The number of nitrogens with one attached hydrogen (secondary N) is 1. The summed E-state index contributed by atoms with van der Waals surface area (Å²) in [7, 11) is 1.61. The molecule has 23 heavy (non-hydrogen) atoms. The molecule has 5 heteroatoms. The van der Waals surface area contributed by atoms with Crippen LogP contribution >= 0.6 is 0 Å². The molecule has 1 aromatic rings. The highest BCUT2D eigenvalue weighted by Crippen LogP contribution is 2.25. The van der Waals surface area contributed by atoms with E-state index in [0.717, 1.165) is 30.6 Å². The zero-order valence-corrected chi connectivity index (χ0v) is 14.4. The minimum Gasteiger partial charge on any atom is -0.497 e. The second-order valence-corrected chi connectivity index (χ2v) is 6.40. The van der Waals surface area contributed by atoms with Crippen LogP contribution in [0.1, 0.15) is 58.1 Å². The van der Waals surface area contributed by atoms with Crippen molar-refractivity contribution < 1.29 is 19.4 Å². The first-order valence-corrected chi connectivity index (χ1v) is 7.97. The van der Waals surface area contributed by atoms with Crippen molar-refractivity contribution in [1.29, 1.82) is 0 Å². The molecule has 1 rings (SSSR count).